The zero-order valence-electron chi connectivity index (χ0n) is 20.5. The van der Waals surface area contributed by atoms with E-state index in [0.29, 0.717) is 40.3 Å². The molecule has 3 aromatic carbocycles. The number of aromatic nitrogens is 1. The van der Waals surface area contributed by atoms with Crippen molar-refractivity contribution in [3.8, 4) is 11.5 Å². The van der Waals surface area contributed by atoms with Gasteiger partial charge in [0.05, 0.1) is 47.1 Å². The van der Waals surface area contributed by atoms with Crippen molar-refractivity contribution in [2.45, 2.75) is 18.6 Å². The number of nitrogens with one attached hydrogen (secondary N) is 1. The van der Waals surface area contributed by atoms with Crippen LogP contribution >= 0.6 is 0 Å². The van der Waals surface area contributed by atoms with Crippen molar-refractivity contribution in [2.24, 2.45) is 4.99 Å². The van der Waals surface area contributed by atoms with Gasteiger partial charge in [0.25, 0.3) is 11.8 Å². The molecule has 0 unspecified atom stereocenters. The number of pyridine rings is 1. The number of para-hydroxylation sites is 2. The van der Waals surface area contributed by atoms with Crippen LogP contribution in [-0.4, -0.2) is 58.8 Å². The van der Waals surface area contributed by atoms with Crippen molar-refractivity contribution >= 4 is 45.5 Å². The average molecular weight is 509 g/mol. The van der Waals surface area contributed by atoms with E-state index in [1.807, 2.05) is 42.5 Å². The molecule has 0 spiro atoms. The second-order valence-electron chi connectivity index (χ2n) is 9.17. The van der Waals surface area contributed by atoms with Crippen LogP contribution in [0.3, 0.4) is 0 Å². The van der Waals surface area contributed by atoms with Crippen LogP contribution in [0.5, 0.6) is 11.5 Å². The molecular weight excluding hydrogens is 484 g/mol. The second-order valence-corrected chi connectivity index (χ2v) is 9.17. The summed E-state index contributed by atoms with van der Waals surface area (Å²) in [7, 11) is 1.48. The molecule has 2 atom stereocenters. The first kappa shape index (κ1) is 23.6. The first-order valence-electron chi connectivity index (χ1n) is 12.2. The fourth-order valence-corrected chi connectivity index (χ4v) is 4.90. The summed E-state index contributed by atoms with van der Waals surface area (Å²) < 4.78 is 11.2. The van der Waals surface area contributed by atoms with Crippen molar-refractivity contribution in [3.05, 3.63) is 84.3 Å². The molecule has 9 nitrogen and oxygen atoms in total. The lowest BCUT2D eigenvalue weighted by atomic mass is 10.1. The van der Waals surface area contributed by atoms with Gasteiger partial charge in [-0.1, -0.05) is 30.3 Å². The van der Waals surface area contributed by atoms with E-state index in [-0.39, 0.29) is 24.4 Å². The Balaban J connectivity index is 1.21. The summed E-state index contributed by atoms with van der Waals surface area (Å²) >= 11 is 0. The zero-order valence-corrected chi connectivity index (χ0v) is 20.5. The standard InChI is InChI=1S/C29H24N4O5/c1-37-25-13-22-24(31-15-19-12-20(34)16-33(19)29(22)36)14-26(25)38-10-9-30-28(35)21-7-4-6-18-11-17-5-2-3-8-23(17)32-27(18)21/h2-11,13-15,19-20,34H,12,16H2,1H3,(H,30,35)/t19-,20+/m0/s1. The Bertz CT molecular complexity index is 1650. The molecule has 190 valence electrons. The summed E-state index contributed by atoms with van der Waals surface area (Å²) in [6.07, 6.45) is 4.28. The first-order valence-corrected chi connectivity index (χ1v) is 12.2. The number of nitrogens with zero attached hydrogens (tertiary/aromatic N) is 3. The number of rotatable bonds is 5. The van der Waals surface area contributed by atoms with Gasteiger partial charge in [0, 0.05) is 42.2 Å². The van der Waals surface area contributed by atoms with Gasteiger partial charge in [-0.25, -0.2) is 4.98 Å². The van der Waals surface area contributed by atoms with Gasteiger partial charge in [-0.05, 0) is 24.3 Å². The van der Waals surface area contributed by atoms with Gasteiger partial charge in [-0.15, -0.1) is 0 Å². The maximum absolute atomic E-state index is 13.1. The molecule has 4 aromatic rings. The molecule has 2 aliphatic heterocycles. The number of hydrogen-bond acceptors (Lipinski definition) is 7. The third-order valence-corrected chi connectivity index (χ3v) is 6.75. The van der Waals surface area contributed by atoms with Gasteiger partial charge >= 0.3 is 0 Å². The lowest BCUT2D eigenvalue weighted by molar-refractivity contribution is 0.0749. The number of carbonyl (C=O) groups is 2. The third kappa shape index (κ3) is 4.22. The number of aliphatic hydroxyl groups excluding tert-OH is 1. The highest BCUT2D eigenvalue weighted by molar-refractivity contribution is 6.08. The Morgan fingerprint density at radius 1 is 1.11 bits per heavy atom. The van der Waals surface area contributed by atoms with Crippen LogP contribution in [0.15, 0.2) is 78.1 Å². The molecule has 1 saturated heterocycles. The molecule has 0 bridgehead atoms. The van der Waals surface area contributed by atoms with E-state index in [4.69, 9.17) is 9.47 Å². The van der Waals surface area contributed by atoms with E-state index < -0.39 is 6.10 Å². The number of carbonyl (C=O) groups excluding carboxylic acids is 2. The Morgan fingerprint density at radius 3 is 2.82 bits per heavy atom. The van der Waals surface area contributed by atoms with Gasteiger partial charge < -0.3 is 24.8 Å². The molecule has 0 aliphatic carbocycles. The summed E-state index contributed by atoms with van der Waals surface area (Å²) in [6.45, 7) is 0.264. The normalized spacial score (nSPS) is 18.5. The molecule has 2 N–H and O–H groups in total. The van der Waals surface area contributed by atoms with Crippen molar-refractivity contribution in [1.29, 1.82) is 0 Å². The SMILES string of the molecule is COc1cc2c(cc1OC=CNC(=O)c1cccc3cc4ccccc4nc13)N=C[C@@H]1C[C@@H](O)CN1C2=O. The highest BCUT2D eigenvalue weighted by atomic mass is 16.5. The number of hydrogen-bond donors (Lipinski definition) is 2. The monoisotopic (exact) mass is 508 g/mol. The zero-order chi connectivity index (χ0) is 26.2. The molecular formula is C29H24N4O5. The highest BCUT2D eigenvalue weighted by Gasteiger charge is 2.36. The summed E-state index contributed by atoms with van der Waals surface area (Å²) in [5.41, 5.74) is 2.68. The minimum Gasteiger partial charge on any atom is -0.493 e. The number of ether oxygens (including phenoxy) is 2. The minimum absolute atomic E-state index is 0.219. The van der Waals surface area contributed by atoms with Crippen molar-refractivity contribution in [2.75, 3.05) is 13.7 Å². The molecule has 1 aromatic heterocycles. The lowest BCUT2D eigenvalue weighted by Crippen LogP contribution is -2.35. The van der Waals surface area contributed by atoms with E-state index in [9.17, 15) is 14.7 Å². The average Bonchev–Trinajstić information content (AvgIpc) is 3.27. The Kier molecular flexibility index (Phi) is 5.97. The van der Waals surface area contributed by atoms with Gasteiger partial charge in [0.1, 0.15) is 6.26 Å². The predicted molar refractivity (Wildman–Crippen MR) is 143 cm³/mol. The molecule has 38 heavy (non-hydrogen) atoms. The van der Waals surface area contributed by atoms with Gasteiger partial charge in [0.2, 0.25) is 0 Å². The molecule has 2 aliphatic rings. The van der Waals surface area contributed by atoms with E-state index >= 15 is 0 Å². The molecule has 3 heterocycles. The summed E-state index contributed by atoms with van der Waals surface area (Å²) in [5, 5.41) is 14.5. The van der Waals surface area contributed by atoms with Crippen molar-refractivity contribution in [3.63, 3.8) is 0 Å². The fraction of sp³-hybridized carbons (Fsp3) is 0.172. The number of methoxy groups -OCH3 is 1. The number of aliphatic hydroxyl groups is 1. The summed E-state index contributed by atoms with van der Waals surface area (Å²) in [4.78, 5) is 36.8. The number of fused-ring (bicyclic) bond motifs is 4. The molecule has 9 heteroatoms. The lowest BCUT2D eigenvalue weighted by Gasteiger charge is -2.20. The maximum Gasteiger partial charge on any atom is 0.257 e. The van der Waals surface area contributed by atoms with Crippen molar-refractivity contribution < 1.29 is 24.2 Å². The van der Waals surface area contributed by atoms with Crippen LogP contribution in [-0.2, 0) is 0 Å². The summed E-state index contributed by atoms with van der Waals surface area (Å²) in [5.74, 6) is 0.127. The summed E-state index contributed by atoms with van der Waals surface area (Å²) in [6, 6.07) is 18.2. The highest BCUT2D eigenvalue weighted by Crippen LogP contribution is 2.38. The van der Waals surface area contributed by atoms with E-state index in [0.717, 1.165) is 16.3 Å². The Labute approximate surface area is 218 Å². The van der Waals surface area contributed by atoms with Crippen LogP contribution in [0.25, 0.3) is 21.8 Å². The maximum atomic E-state index is 13.1. The van der Waals surface area contributed by atoms with Crippen LogP contribution in [0.1, 0.15) is 27.1 Å². The van der Waals surface area contributed by atoms with Crippen LogP contribution in [0.2, 0.25) is 0 Å². The molecule has 0 radical (unpaired) electrons. The first-order chi connectivity index (χ1) is 18.5. The van der Waals surface area contributed by atoms with E-state index in [2.05, 4.69) is 15.3 Å². The largest absolute Gasteiger partial charge is 0.493 e. The quantitative estimate of drug-likeness (QED) is 0.312. The molecule has 6 rings (SSSR count). The molecule has 2 amide bonds. The van der Waals surface area contributed by atoms with Crippen LogP contribution in [0.4, 0.5) is 5.69 Å². The van der Waals surface area contributed by atoms with Crippen molar-refractivity contribution in [1.82, 2.24) is 15.2 Å². The van der Waals surface area contributed by atoms with Gasteiger partial charge in [-0.2, -0.15) is 0 Å². The van der Waals surface area contributed by atoms with Gasteiger partial charge in [0.15, 0.2) is 11.5 Å². The second kappa shape index (κ2) is 9.60. The van der Waals surface area contributed by atoms with E-state index in [1.54, 1.807) is 29.3 Å². The molecule has 1 fully saturated rings. The number of amides is 2. The Morgan fingerprint density at radius 2 is 1.95 bits per heavy atom. The van der Waals surface area contributed by atoms with Gasteiger partial charge in [-0.3, -0.25) is 14.6 Å². The van der Waals surface area contributed by atoms with E-state index in [1.165, 1.54) is 19.6 Å². The Hall–Kier alpha value is -4.76. The predicted octanol–water partition coefficient (Wildman–Crippen LogP) is 3.97. The number of aliphatic imine (C=N–C) groups is 1. The van der Waals surface area contributed by atoms with Crippen LogP contribution < -0.4 is 14.8 Å². The smallest absolute Gasteiger partial charge is 0.257 e. The fourth-order valence-electron chi connectivity index (χ4n) is 4.90. The van der Waals surface area contributed by atoms with Crippen LogP contribution in [0, 0.1) is 0 Å². The number of benzene rings is 3. The minimum atomic E-state index is -0.564. The topological polar surface area (TPSA) is 113 Å². The third-order valence-electron chi connectivity index (χ3n) is 6.75. The molecule has 0 saturated carbocycles.